The lowest BCUT2D eigenvalue weighted by molar-refractivity contribution is -0.142. The van der Waals surface area contributed by atoms with Crippen molar-refractivity contribution < 1.29 is 39.0 Å². The third-order valence-electron chi connectivity index (χ3n) is 11.0. The zero-order valence-corrected chi connectivity index (χ0v) is 34.5. The number of carbonyl (C=O) groups is 6. The van der Waals surface area contributed by atoms with Gasteiger partial charge < -0.3 is 26.2 Å². The second kappa shape index (κ2) is 20.4. The maximum atomic E-state index is 14.6. The topological polar surface area (TPSA) is 184 Å². The molecule has 0 unspecified atom stereocenters. The van der Waals surface area contributed by atoms with Crippen molar-refractivity contribution >= 4 is 46.5 Å². The molecule has 0 spiro atoms. The second-order valence-electron chi connectivity index (χ2n) is 15.4. The third kappa shape index (κ3) is 11.3. The number of ketones is 4. The van der Waals surface area contributed by atoms with Crippen molar-refractivity contribution in [3.05, 3.63) is 107 Å². The highest BCUT2D eigenvalue weighted by atomic mass is 35.5. The number of nitrogens with two attached hydrogens (primary N) is 1. The lowest BCUT2D eigenvalue weighted by Gasteiger charge is -2.32. The van der Waals surface area contributed by atoms with E-state index < -0.39 is 41.5 Å². The van der Waals surface area contributed by atoms with Gasteiger partial charge in [-0.2, -0.15) is 0 Å². The SMILES string of the molecule is CCC(=O)CCC(=O)[C@@H]1Cc2ccc(O)c(c2)-c2cc(ccc2O)[C@H](N(C)C(=O)[C@H](CCCCN)CC(=O)c2ccc(-c3ccc(Cl)cc3)cc2)C(=O)C[C@@H](C)C(=O)N1. The van der Waals surface area contributed by atoms with E-state index in [1.807, 2.05) is 24.3 Å². The van der Waals surface area contributed by atoms with Gasteiger partial charge in [-0.1, -0.05) is 80.4 Å². The Hall–Kier alpha value is -5.65. The summed E-state index contributed by atoms with van der Waals surface area (Å²) in [5.74, 6) is -4.33. The Morgan fingerprint density at radius 2 is 1.47 bits per heavy atom. The maximum absolute atomic E-state index is 14.6. The van der Waals surface area contributed by atoms with Gasteiger partial charge in [0.15, 0.2) is 17.3 Å². The number of nitrogens with zero attached hydrogens (tertiary/aromatic N) is 1. The Bertz CT molecular complexity index is 2190. The number of nitrogens with one attached hydrogen (secondary N) is 1. The molecule has 1 aliphatic heterocycles. The number of phenols is 2. The molecule has 1 heterocycles. The summed E-state index contributed by atoms with van der Waals surface area (Å²) in [6.45, 7) is 3.67. The fourth-order valence-corrected chi connectivity index (χ4v) is 7.63. The molecule has 12 heteroatoms. The zero-order valence-electron chi connectivity index (χ0n) is 33.7. The first kappa shape index (κ1) is 44.5. The van der Waals surface area contributed by atoms with Gasteiger partial charge in [0.1, 0.15) is 23.3 Å². The first-order chi connectivity index (χ1) is 28.2. The van der Waals surface area contributed by atoms with Gasteiger partial charge in [0.05, 0.1) is 6.04 Å². The summed E-state index contributed by atoms with van der Waals surface area (Å²) in [5, 5.41) is 25.5. The van der Waals surface area contributed by atoms with Crippen molar-refractivity contribution in [2.75, 3.05) is 13.6 Å². The highest BCUT2D eigenvalue weighted by Gasteiger charge is 2.36. The highest BCUT2D eigenvalue weighted by molar-refractivity contribution is 6.30. The van der Waals surface area contributed by atoms with Gasteiger partial charge in [0.25, 0.3) is 0 Å². The average molecular weight is 822 g/mol. The lowest BCUT2D eigenvalue weighted by atomic mass is 9.87. The maximum Gasteiger partial charge on any atom is 0.226 e. The number of hydrogen-bond donors (Lipinski definition) is 4. The number of phenolic OH excluding ortho intramolecular Hbond substituents is 2. The van der Waals surface area contributed by atoms with Crippen LogP contribution in [0.25, 0.3) is 22.3 Å². The van der Waals surface area contributed by atoms with Gasteiger partial charge in [-0.25, -0.2) is 0 Å². The summed E-state index contributed by atoms with van der Waals surface area (Å²) < 4.78 is 0. The van der Waals surface area contributed by atoms with Gasteiger partial charge in [0, 0.05) is 72.7 Å². The van der Waals surface area contributed by atoms with Gasteiger partial charge in [-0.15, -0.1) is 0 Å². The van der Waals surface area contributed by atoms with Gasteiger partial charge in [-0.3, -0.25) is 28.8 Å². The van der Waals surface area contributed by atoms with Crippen LogP contribution in [-0.4, -0.2) is 69.7 Å². The fraction of sp³-hybridized carbons (Fsp3) is 0.362. The Morgan fingerprint density at radius 1 is 0.847 bits per heavy atom. The number of rotatable bonds is 15. The third-order valence-corrected chi connectivity index (χ3v) is 11.3. The number of hydrogen-bond acceptors (Lipinski definition) is 9. The molecule has 2 amide bonds. The van der Waals surface area contributed by atoms with Crippen LogP contribution < -0.4 is 11.1 Å². The van der Waals surface area contributed by atoms with Crippen LogP contribution in [0, 0.1) is 11.8 Å². The molecule has 59 heavy (non-hydrogen) atoms. The summed E-state index contributed by atoms with van der Waals surface area (Å²) in [6.07, 6.45) is 1.31. The molecule has 0 saturated heterocycles. The van der Waals surface area contributed by atoms with E-state index in [1.165, 1.54) is 36.2 Å². The van der Waals surface area contributed by atoms with Crippen LogP contribution in [0.15, 0.2) is 84.9 Å². The molecule has 11 nitrogen and oxygen atoms in total. The molecule has 0 aromatic heterocycles. The fourth-order valence-electron chi connectivity index (χ4n) is 7.50. The van der Waals surface area contributed by atoms with E-state index in [0.29, 0.717) is 47.5 Å². The quantitative estimate of drug-likeness (QED) is 0.0694. The van der Waals surface area contributed by atoms with E-state index >= 15 is 0 Å². The second-order valence-corrected chi connectivity index (χ2v) is 15.8. The summed E-state index contributed by atoms with van der Waals surface area (Å²) in [5.41, 5.74) is 9.33. The van der Waals surface area contributed by atoms with Crippen LogP contribution in [0.1, 0.15) is 92.7 Å². The van der Waals surface area contributed by atoms with Gasteiger partial charge >= 0.3 is 0 Å². The first-order valence-corrected chi connectivity index (χ1v) is 20.5. The number of aromatic hydroxyl groups is 2. The van der Waals surface area contributed by atoms with E-state index in [-0.39, 0.29) is 78.5 Å². The summed E-state index contributed by atoms with van der Waals surface area (Å²) >= 11 is 6.05. The van der Waals surface area contributed by atoms with Crippen molar-refractivity contribution in [3.63, 3.8) is 0 Å². The molecule has 0 fully saturated rings. The number of carbonyl (C=O) groups excluding carboxylic acids is 6. The van der Waals surface area contributed by atoms with Gasteiger partial charge in [0.2, 0.25) is 11.8 Å². The molecule has 4 atom stereocenters. The number of Topliss-reactive ketones (excluding diaryl/α,β-unsaturated/α-hetero) is 4. The number of halogens is 1. The number of unbranched alkanes of at least 4 members (excludes halogenated alkanes) is 1. The zero-order chi connectivity index (χ0) is 42.8. The van der Waals surface area contributed by atoms with Gasteiger partial charge in [-0.05, 0) is 84.5 Å². The molecule has 4 aromatic rings. The summed E-state index contributed by atoms with van der Waals surface area (Å²) in [7, 11) is 1.48. The standard InChI is InChI=1S/C47H52ClN3O8/c1-4-36(52)18-21-42(55)39-25-29-8-19-40(53)37(24-29)38-26-33(15-20-41(38)54)45(44(57)23-28(2)46(58)50-39)51(3)47(59)34(7-5-6-22-49)27-43(56)32-11-9-30(10-12-32)31-13-16-35(48)17-14-31/h8-17,19-20,24,26,28,34,39,45,53-54H,4-7,18,21-23,25,27,49H2,1-3H3,(H,50,58)/t28-,34-,39+,45+/m1/s1. The van der Waals surface area contributed by atoms with Crippen molar-refractivity contribution in [3.8, 4) is 33.8 Å². The van der Waals surface area contributed by atoms with E-state index in [0.717, 1.165) is 11.1 Å². The normalized spacial score (nSPS) is 17.3. The smallest absolute Gasteiger partial charge is 0.226 e. The van der Waals surface area contributed by atoms with E-state index in [1.54, 1.807) is 50.2 Å². The van der Waals surface area contributed by atoms with E-state index in [4.69, 9.17) is 17.3 Å². The monoisotopic (exact) mass is 821 g/mol. The molecule has 1 aliphatic rings. The Morgan fingerprint density at radius 3 is 2.12 bits per heavy atom. The minimum atomic E-state index is -1.26. The molecular formula is C47H52ClN3O8. The number of fused-ring (bicyclic) bond motifs is 5. The van der Waals surface area contributed by atoms with Crippen LogP contribution >= 0.6 is 11.6 Å². The predicted molar refractivity (Wildman–Crippen MR) is 227 cm³/mol. The van der Waals surface area contributed by atoms with Crippen molar-refractivity contribution in [1.29, 1.82) is 0 Å². The van der Waals surface area contributed by atoms with Crippen LogP contribution in [-0.2, 0) is 30.4 Å². The van der Waals surface area contributed by atoms with Crippen LogP contribution in [0.5, 0.6) is 11.5 Å². The molecular weight excluding hydrogens is 770 g/mol. The van der Waals surface area contributed by atoms with Crippen molar-refractivity contribution in [1.82, 2.24) is 10.2 Å². The minimum absolute atomic E-state index is 0.0225. The Kier molecular flexibility index (Phi) is 15.3. The number of benzene rings is 4. The Labute approximate surface area is 350 Å². The molecule has 4 aromatic carbocycles. The molecule has 5 N–H and O–H groups in total. The van der Waals surface area contributed by atoms with Crippen molar-refractivity contribution in [2.24, 2.45) is 17.6 Å². The number of likely N-dealkylation sites (N-methyl/N-ethyl adjacent to an activating group) is 1. The van der Waals surface area contributed by atoms with E-state index in [2.05, 4.69) is 5.32 Å². The molecule has 5 rings (SSSR count). The average Bonchev–Trinajstić information content (AvgIpc) is 3.23. The molecule has 0 saturated carbocycles. The van der Waals surface area contributed by atoms with Crippen molar-refractivity contribution in [2.45, 2.75) is 83.7 Å². The van der Waals surface area contributed by atoms with Crippen LogP contribution in [0.3, 0.4) is 0 Å². The minimum Gasteiger partial charge on any atom is -0.507 e. The van der Waals surface area contributed by atoms with Crippen LogP contribution in [0.2, 0.25) is 5.02 Å². The largest absolute Gasteiger partial charge is 0.507 e. The lowest BCUT2D eigenvalue weighted by Crippen LogP contribution is -2.46. The van der Waals surface area contributed by atoms with E-state index in [9.17, 15) is 39.0 Å². The summed E-state index contributed by atoms with van der Waals surface area (Å²) in [4.78, 5) is 83.3. The van der Waals surface area contributed by atoms with Crippen LogP contribution in [0.4, 0.5) is 0 Å². The highest BCUT2D eigenvalue weighted by Crippen LogP contribution is 2.40. The molecule has 0 aliphatic carbocycles. The Balaban J connectivity index is 1.49. The summed E-state index contributed by atoms with van der Waals surface area (Å²) in [6, 6.07) is 21.2. The predicted octanol–water partition coefficient (Wildman–Crippen LogP) is 7.57. The molecule has 310 valence electrons. The first-order valence-electron chi connectivity index (χ1n) is 20.1. The molecule has 0 radical (unpaired) electrons. The molecule has 4 bridgehead atoms. The number of amides is 2.